The molecule has 0 spiro atoms. The van der Waals surface area contributed by atoms with Gasteiger partial charge in [0.25, 0.3) is 5.56 Å². The number of sulfone groups is 1. The van der Waals surface area contributed by atoms with Gasteiger partial charge in [-0.15, -0.1) is 0 Å². The minimum Gasteiger partial charge on any atom is -0.507 e. The first-order valence-electron chi connectivity index (χ1n) is 13.1. The van der Waals surface area contributed by atoms with Crippen LogP contribution in [-0.2, 0) is 16.3 Å². The molecule has 0 saturated carbocycles. The van der Waals surface area contributed by atoms with Gasteiger partial charge in [0.2, 0.25) is 9.84 Å². The third-order valence-corrected chi connectivity index (χ3v) is 8.79. The number of phenolic OH excluding ortho intramolecular Hbond substituents is 1. The van der Waals surface area contributed by atoms with E-state index in [4.69, 9.17) is 27.9 Å². The molecule has 0 saturated heterocycles. The van der Waals surface area contributed by atoms with Crippen LogP contribution in [-0.4, -0.2) is 28.3 Å². The monoisotopic (exact) mass is 617 g/mol. The number of halogens is 2. The van der Waals surface area contributed by atoms with Crippen LogP contribution < -0.4 is 16.0 Å². The molecule has 0 unspecified atom stereocenters. The van der Waals surface area contributed by atoms with Crippen LogP contribution in [0.15, 0.2) is 80.2 Å². The lowest BCUT2D eigenvalue weighted by molar-refractivity contribution is 0.448. The summed E-state index contributed by atoms with van der Waals surface area (Å²) in [5.41, 5.74) is -0.233. The third-order valence-electron chi connectivity index (χ3n) is 6.43. The Hall–Kier alpha value is -3.60. The van der Waals surface area contributed by atoms with Crippen molar-refractivity contribution in [2.24, 2.45) is 0 Å². The van der Waals surface area contributed by atoms with Gasteiger partial charge in [0.05, 0.1) is 20.6 Å². The third kappa shape index (κ3) is 7.38. The largest absolute Gasteiger partial charge is 0.507 e. The zero-order valence-electron chi connectivity index (χ0n) is 22.3. The van der Waals surface area contributed by atoms with Gasteiger partial charge in [0, 0.05) is 6.07 Å². The van der Waals surface area contributed by atoms with Crippen molar-refractivity contribution in [3.8, 4) is 22.9 Å². The van der Waals surface area contributed by atoms with E-state index >= 15 is 0 Å². The average Bonchev–Trinajstić information content (AvgIpc) is 2.93. The van der Waals surface area contributed by atoms with Crippen molar-refractivity contribution in [3.63, 3.8) is 0 Å². The van der Waals surface area contributed by atoms with Crippen molar-refractivity contribution in [1.29, 1.82) is 0 Å². The Morgan fingerprint density at radius 3 is 2.24 bits per heavy atom. The fraction of sp³-hybridized carbons (Fsp3) is 0.276. The van der Waals surface area contributed by atoms with Gasteiger partial charge in [-0.05, 0) is 54.8 Å². The summed E-state index contributed by atoms with van der Waals surface area (Å²) in [6, 6.07) is 13.1. The highest BCUT2D eigenvalue weighted by molar-refractivity contribution is 7.91. The standard InChI is InChI=1S/C29H29Cl2N3O6S/c1-2-3-4-5-6-7-8-19-9-12-22(13-10-19)41(38,39)26-17-21(11-14-25(26)35)40-28-23(30)15-20(16-24(28)31)34-29(37)33-27(36)18-32-34/h9-18,35H,2-8H2,1H3,(H,33,36,37). The molecule has 12 heteroatoms. The molecule has 4 aromatic rings. The molecule has 0 bridgehead atoms. The molecule has 0 radical (unpaired) electrons. The van der Waals surface area contributed by atoms with E-state index in [9.17, 15) is 23.1 Å². The van der Waals surface area contributed by atoms with Crippen molar-refractivity contribution in [3.05, 3.63) is 97.2 Å². The second-order valence-electron chi connectivity index (χ2n) is 9.49. The average molecular weight is 619 g/mol. The predicted octanol–water partition coefficient (Wildman–Crippen LogP) is 6.46. The number of ether oxygens (including phenoxy) is 1. The quantitative estimate of drug-likeness (QED) is 0.174. The number of aromatic nitrogens is 3. The highest BCUT2D eigenvalue weighted by atomic mass is 35.5. The van der Waals surface area contributed by atoms with Crippen molar-refractivity contribution in [2.45, 2.75) is 61.7 Å². The molecular weight excluding hydrogens is 589 g/mol. The zero-order chi connectivity index (χ0) is 29.6. The second-order valence-corrected chi connectivity index (χ2v) is 12.2. The Balaban J connectivity index is 1.53. The normalized spacial score (nSPS) is 11.5. The number of benzene rings is 3. The zero-order valence-corrected chi connectivity index (χ0v) is 24.6. The molecular formula is C29H29Cl2N3O6S. The SMILES string of the molecule is CCCCCCCCc1ccc(S(=O)(=O)c2cc(Oc3c(Cl)cc(-n4ncc(=O)[nH]c4=O)cc3Cl)ccc2O)cc1. The van der Waals surface area contributed by atoms with Crippen LogP contribution in [0.1, 0.15) is 51.0 Å². The maximum atomic E-state index is 13.4. The van der Waals surface area contributed by atoms with Crippen LogP contribution in [0.5, 0.6) is 17.2 Å². The first-order valence-corrected chi connectivity index (χ1v) is 15.4. The fourth-order valence-corrected chi connectivity index (χ4v) is 6.18. The number of hydrogen-bond acceptors (Lipinski definition) is 7. The van der Waals surface area contributed by atoms with Gasteiger partial charge in [-0.25, -0.2) is 13.2 Å². The van der Waals surface area contributed by atoms with Crippen LogP contribution in [0.3, 0.4) is 0 Å². The summed E-state index contributed by atoms with van der Waals surface area (Å²) in [5.74, 6) is -0.399. The molecule has 41 heavy (non-hydrogen) atoms. The first kappa shape index (κ1) is 30.4. The number of rotatable bonds is 12. The number of unbranched alkanes of at least 4 members (excludes halogenated alkanes) is 5. The van der Waals surface area contributed by atoms with E-state index in [0.29, 0.717) is 0 Å². The molecule has 9 nitrogen and oxygen atoms in total. The summed E-state index contributed by atoms with van der Waals surface area (Å²) in [5, 5.41) is 14.2. The molecule has 3 aromatic carbocycles. The van der Waals surface area contributed by atoms with Crippen LogP contribution in [0.2, 0.25) is 10.0 Å². The van der Waals surface area contributed by atoms with Crippen LogP contribution in [0.25, 0.3) is 5.69 Å². The Kier molecular flexibility index (Phi) is 9.90. The molecule has 0 atom stereocenters. The molecule has 4 rings (SSSR count). The maximum Gasteiger partial charge on any atom is 0.349 e. The highest BCUT2D eigenvalue weighted by Crippen LogP contribution is 2.40. The van der Waals surface area contributed by atoms with Gasteiger partial charge in [0.15, 0.2) is 5.75 Å². The lowest BCUT2D eigenvalue weighted by Crippen LogP contribution is -2.30. The number of hydrogen-bond donors (Lipinski definition) is 2. The van der Waals surface area contributed by atoms with Gasteiger partial charge in [-0.2, -0.15) is 9.78 Å². The van der Waals surface area contributed by atoms with Crippen molar-refractivity contribution in [1.82, 2.24) is 14.8 Å². The van der Waals surface area contributed by atoms with E-state index in [2.05, 4.69) is 17.0 Å². The number of phenols is 1. The number of H-pyrrole nitrogens is 1. The summed E-state index contributed by atoms with van der Waals surface area (Å²) in [6.07, 6.45) is 8.86. The number of aromatic hydroxyl groups is 1. The van der Waals surface area contributed by atoms with Crippen LogP contribution in [0.4, 0.5) is 0 Å². The molecule has 0 fully saturated rings. The van der Waals surface area contributed by atoms with E-state index < -0.39 is 26.8 Å². The second kappa shape index (κ2) is 13.4. The van der Waals surface area contributed by atoms with Crippen molar-refractivity contribution >= 4 is 33.0 Å². The maximum absolute atomic E-state index is 13.4. The first-order chi connectivity index (χ1) is 19.6. The molecule has 0 aliphatic heterocycles. The summed E-state index contributed by atoms with van der Waals surface area (Å²) in [6.45, 7) is 2.18. The van der Waals surface area contributed by atoms with E-state index in [0.717, 1.165) is 35.7 Å². The van der Waals surface area contributed by atoms with Crippen molar-refractivity contribution in [2.75, 3.05) is 0 Å². The fourth-order valence-electron chi connectivity index (χ4n) is 4.27. The topological polar surface area (TPSA) is 131 Å². The van der Waals surface area contributed by atoms with Crippen LogP contribution in [0, 0.1) is 0 Å². The lowest BCUT2D eigenvalue weighted by Gasteiger charge is -2.14. The molecule has 0 aliphatic carbocycles. The van der Waals surface area contributed by atoms with E-state index in [-0.39, 0.29) is 37.0 Å². The smallest absolute Gasteiger partial charge is 0.349 e. The minimum atomic E-state index is -4.08. The summed E-state index contributed by atoms with van der Waals surface area (Å²) in [7, 11) is -4.08. The number of nitrogens with zero attached hydrogens (tertiary/aromatic N) is 2. The minimum absolute atomic E-state index is 0.00849. The van der Waals surface area contributed by atoms with E-state index in [1.165, 1.54) is 68.1 Å². The predicted molar refractivity (Wildman–Crippen MR) is 158 cm³/mol. The Bertz CT molecular complexity index is 1730. The summed E-state index contributed by atoms with van der Waals surface area (Å²) >= 11 is 12.7. The summed E-state index contributed by atoms with van der Waals surface area (Å²) < 4.78 is 33.5. The number of aromatic amines is 1. The van der Waals surface area contributed by atoms with Gasteiger partial charge in [-0.1, -0.05) is 74.4 Å². The summed E-state index contributed by atoms with van der Waals surface area (Å²) in [4.78, 5) is 25.2. The van der Waals surface area contributed by atoms with Gasteiger partial charge < -0.3 is 9.84 Å². The molecule has 216 valence electrons. The number of aryl methyl sites for hydroxylation is 1. The molecule has 1 heterocycles. The van der Waals surface area contributed by atoms with Gasteiger partial charge in [-0.3, -0.25) is 9.78 Å². The Labute approximate surface area is 247 Å². The number of nitrogens with one attached hydrogen (secondary N) is 1. The molecule has 0 amide bonds. The molecule has 2 N–H and O–H groups in total. The Morgan fingerprint density at radius 1 is 0.927 bits per heavy atom. The molecule has 0 aliphatic rings. The van der Waals surface area contributed by atoms with Crippen LogP contribution >= 0.6 is 23.2 Å². The van der Waals surface area contributed by atoms with E-state index in [1.807, 2.05) is 0 Å². The van der Waals surface area contributed by atoms with Gasteiger partial charge in [0.1, 0.15) is 22.6 Å². The van der Waals surface area contributed by atoms with Crippen molar-refractivity contribution < 1.29 is 18.3 Å². The van der Waals surface area contributed by atoms with E-state index in [1.54, 1.807) is 12.1 Å². The van der Waals surface area contributed by atoms with Gasteiger partial charge >= 0.3 is 5.69 Å². The highest BCUT2D eigenvalue weighted by Gasteiger charge is 2.23. The Morgan fingerprint density at radius 2 is 1.59 bits per heavy atom. The lowest BCUT2D eigenvalue weighted by atomic mass is 10.1. The molecule has 1 aromatic heterocycles.